The largest absolute Gasteiger partial charge is 0.381 e. The molecule has 1 aliphatic rings. The molecule has 1 saturated heterocycles. The molecule has 122 valence electrons. The van der Waals surface area contributed by atoms with Crippen molar-refractivity contribution in [1.82, 2.24) is 10.2 Å². The highest BCUT2D eigenvalue weighted by molar-refractivity contribution is 6.36. The average molecular weight is 345 g/mol. The van der Waals surface area contributed by atoms with E-state index >= 15 is 0 Å². The molecule has 4 nitrogen and oxygen atoms in total. The number of carbonyl (C=O) groups excluding carboxylic acids is 1. The van der Waals surface area contributed by atoms with Crippen LogP contribution in [-0.4, -0.2) is 50.2 Å². The Bertz CT molecular complexity index is 509. The smallest absolute Gasteiger partial charge is 0.224 e. The lowest BCUT2D eigenvalue weighted by molar-refractivity contribution is -0.121. The highest BCUT2D eigenvalue weighted by atomic mass is 35.5. The standard InChI is InChI=1S/C16H22Cl2N2O2/c1-20(2)16(6-8-22-9-7-16)11-19-15(21)10-12-13(17)4-3-5-14(12)18/h3-5H,6-11H2,1-2H3,(H,19,21). The summed E-state index contributed by atoms with van der Waals surface area (Å²) in [5, 5.41) is 4.07. The monoisotopic (exact) mass is 344 g/mol. The molecule has 1 amide bonds. The van der Waals surface area contributed by atoms with Gasteiger partial charge in [0.25, 0.3) is 0 Å². The van der Waals surface area contributed by atoms with Gasteiger partial charge < -0.3 is 15.0 Å². The van der Waals surface area contributed by atoms with E-state index in [2.05, 4.69) is 10.2 Å². The summed E-state index contributed by atoms with van der Waals surface area (Å²) in [7, 11) is 4.09. The summed E-state index contributed by atoms with van der Waals surface area (Å²) in [4.78, 5) is 14.4. The predicted molar refractivity (Wildman–Crippen MR) is 89.6 cm³/mol. The zero-order valence-electron chi connectivity index (χ0n) is 13.0. The molecule has 1 aromatic rings. The van der Waals surface area contributed by atoms with E-state index < -0.39 is 0 Å². The third-order valence-corrected chi connectivity index (χ3v) is 5.09. The SMILES string of the molecule is CN(C)C1(CNC(=O)Cc2c(Cl)cccc2Cl)CCOCC1. The number of amides is 1. The maximum atomic E-state index is 12.2. The van der Waals surface area contributed by atoms with Crippen LogP contribution in [0.4, 0.5) is 0 Å². The molecule has 0 spiro atoms. The second kappa shape index (κ2) is 7.64. The van der Waals surface area contributed by atoms with Gasteiger partial charge in [-0.2, -0.15) is 0 Å². The molecule has 0 unspecified atom stereocenters. The van der Waals surface area contributed by atoms with Crippen LogP contribution in [0.25, 0.3) is 0 Å². The van der Waals surface area contributed by atoms with E-state index in [1.165, 1.54) is 0 Å². The fourth-order valence-electron chi connectivity index (χ4n) is 2.72. The van der Waals surface area contributed by atoms with E-state index in [0.717, 1.165) is 26.1 Å². The van der Waals surface area contributed by atoms with Crippen LogP contribution in [0.5, 0.6) is 0 Å². The minimum absolute atomic E-state index is 0.0435. The fraction of sp³-hybridized carbons (Fsp3) is 0.562. The van der Waals surface area contributed by atoms with Crippen molar-refractivity contribution in [2.45, 2.75) is 24.8 Å². The Morgan fingerprint density at radius 2 is 1.86 bits per heavy atom. The van der Waals surface area contributed by atoms with E-state index in [-0.39, 0.29) is 17.9 Å². The first-order valence-corrected chi connectivity index (χ1v) is 8.15. The normalized spacial score (nSPS) is 17.5. The van der Waals surface area contributed by atoms with Gasteiger partial charge in [-0.25, -0.2) is 0 Å². The third kappa shape index (κ3) is 4.13. The summed E-state index contributed by atoms with van der Waals surface area (Å²) in [6.07, 6.45) is 2.01. The average Bonchev–Trinajstić information content (AvgIpc) is 2.50. The van der Waals surface area contributed by atoms with Gasteiger partial charge in [0.1, 0.15) is 0 Å². The van der Waals surface area contributed by atoms with Gasteiger partial charge in [-0.15, -0.1) is 0 Å². The zero-order valence-corrected chi connectivity index (χ0v) is 14.5. The Morgan fingerprint density at radius 1 is 1.27 bits per heavy atom. The van der Waals surface area contributed by atoms with Crippen molar-refractivity contribution in [3.8, 4) is 0 Å². The number of halogens is 2. The number of hydrogen-bond acceptors (Lipinski definition) is 3. The van der Waals surface area contributed by atoms with E-state index in [1.54, 1.807) is 18.2 Å². The first-order valence-electron chi connectivity index (χ1n) is 7.39. The molecule has 1 aliphatic heterocycles. The molecule has 6 heteroatoms. The van der Waals surface area contributed by atoms with E-state index in [9.17, 15) is 4.79 Å². The number of hydrogen-bond donors (Lipinski definition) is 1. The Labute approximate surface area is 141 Å². The van der Waals surface area contributed by atoms with Crippen molar-refractivity contribution in [2.75, 3.05) is 33.9 Å². The molecular formula is C16H22Cl2N2O2. The van der Waals surface area contributed by atoms with Gasteiger partial charge in [0.2, 0.25) is 5.91 Å². The molecular weight excluding hydrogens is 323 g/mol. The van der Waals surface area contributed by atoms with E-state index in [1.807, 2.05) is 14.1 Å². The molecule has 1 fully saturated rings. The Morgan fingerprint density at radius 3 is 2.41 bits per heavy atom. The first-order chi connectivity index (χ1) is 10.4. The van der Waals surface area contributed by atoms with Crippen LogP contribution in [0.15, 0.2) is 18.2 Å². The van der Waals surface area contributed by atoms with Crippen molar-refractivity contribution in [3.63, 3.8) is 0 Å². The molecule has 0 saturated carbocycles. The van der Waals surface area contributed by atoms with Crippen LogP contribution in [0, 0.1) is 0 Å². The first kappa shape index (κ1) is 17.5. The molecule has 0 aliphatic carbocycles. The Balaban J connectivity index is 1.97. The number of ether oxygens (including phenoxy) is 1. The lowest BCUT2D eigenvalue weighted by atomic mass is 9.88. The molecule has 1 heterocycles. The molecule has 0 radical (unpaired) electrons. The third-order valence-electron chi connectivity index (χ3n) is 4.39. The zero-order chi connectivity index (χ0) is 16.2. The summed E-state index contributed by atoms with van der Waals surface area (Å²) >= 11 is 12.2. The summed E-state index contributed by atoms with van der Waals surface area (Å²) in [6, 6.07) is 5.26. The molecule has 1 aromatic carbocycles. The lowest BCUT2D eigenvalue weighted by Crippen LogP contribution is -2.55. The van der Waals surface area contributed by atoms with E-state index in [4.69, 9.17) is 27.9 Å². The summed E-state index contributed by atoms with van der Waals surface area (Å²) in [5.74, 6) is -0.0669. The molecule has 0 aromatic heterocycles. The Kier molecular flexibility index (Phi) is 6.09. The number of carbonyl (C=O) groups is 1. The fourth-order valence-corrected chi connectivity index (χ4v) is 3.25. The molecule has 0 bridgehead atoms. The van der Waals surface area contributed by atoms with E-state index in [0.29, 0.717) is 22.2 Å². The van der Waals surface area contributed by atoms with Gasteiger partial charge in [0.15, 0.2) is 0 Å². The quantitative estimate of drug-likeness (QED) is 0.892. The number of benzene rings is 1. The van der Waals surface area contributed by atoms with Crippen molar-refractivity contribution >= 4 is 29.1 Å². The highest BCUT2D eigenvalue weighted by Gasteiger charge is 2.35. The van der Waals surface area contributed by atoms with Crippen LogP contribution < -0.4 is 5.32 Å². The predicted octanol–water partition coefficient (Wildman–Crippen LogP) is 2.76. The van der Waals surface area contributed by atoms with Gasteiger partial charge >= 0.3 is 0 Å². The number of rotatable bonds is 5. The number of likely N-dealkylation sites (N-methyl/N-ethyl adjacent to an activating group) is 1. The number of nitrogens with one attached hydrogen (secondary N) is 1. The topological polar surface area (TPSA) is 41.6 Å². The molecule has 1 N–H and O–H groups in total. The van der Waals surface area contributed by atoms with Gasteiger partial charge in [-0.3, -0.25) is 4.79 Å². The van der Waals surface area contributed by atoms with Crippen LogP contribution in [0.2, 0.25) is 10.0 Å². The highest BCUT2D eigenvalue weighted by Crippen LogP contribution is 2.26. The summed E-state index contributed by atoms with van der Waals surface area (Å²) in [6.45, 7) is 2.05. The summed E-state index contributed by atoms with van der Waals surface area (Å²) in [5.41, 5.74) is 0.632. The van der Waals surface area contributed by atoms with Crippen LogP contribution in [0.1, 0.15) is 18.4 Å². The maximum Gasteiger partial charge on any atom is 0.224 e. The van der Waals surface area contributed by atoms with Crippen LogP contribution in [0.3, 0.4) is 0 Å². The van der Waals surface area contributed by atoms with Crippen molar-refractivity contribution < 1.29 is 9.53 Å². The van der Waals surface area contributed by atoms with Crippen LogP contribution in [-0.2, 0) is 16.0 Å². The van der Waals surface area contributed by atoms with Gasteiger partial charge in [0.05, 0.1) is 6.42 Å². The van der Waals surface area contributed by atoms with Crippen LogP contribution >= 0.6 is 23.2 Å². The lowest BCUT2D eigenvalue weighted by Gasteiger charge is -2.42. The molecule has 2 rings (SSSR count). The molecule has 22 heavy (non-hydrogen) atoms. The second-order valence-electron chi connectivity index (χ2n) is 5.88. The number of nitrogens with zero attached hydrogens (tertiary/aromatic N) is 1. The Hall–Kier alpha value is -0.810. The second-order valence-corrected chi connectivity index (χ2v) is 6.70. The van der Waals surface area contributed by atoms with Gasteiger partial charge in [0, 0.05) is 35.3 Å². The van der Waals surface area contributed by atoms with Gasteiger partial charge in [-0.05, 0) is 44.6 Å². The van der Waals surface area contributed by atoms with Crippen molar-refractivity contribution in [1.29, 1.82) is 0 Å². The van der Waals surface area contributed by atoms with Crippen molar-refractivity contribution in [3.05, 3.63) is 33.8 Å². The van der Waals surface area contributed by atoms with Gasteiger partial charge in [-0.1, -0.05) is 29.3 Å². The maximum absolute atomic E-state index is 12.2. The summed E-state index contributed by atoms with van der Waals surface area (Å²) < 4.78 is 5.43. The minimum Gasteiger partial charge on any atom is -0.381 e. The minimum atomic E-state index is -0.0669. The van der Waals surface area contributed by atoms with Crippen molar-refractivity contribution in [2.24, 2.45) is 0 Å². The molecule has 0 atom stereocenters.